The minimum absolute atomic E-state index is 0.293. The molecule has 0 N–H and O–H groups in total. The van der Waals surface area contributed by atoms with Crippen molar-refractivity contribution in [2.24, 2.45) is 0 Å². The quantitative estimate of drug-likeness (QED) is 0.739. The van der Waals surface area contributed by atoms with Gasteiger partial charge in [0.15, 0.2) is 0 Å². The van der Waals surface area contributed by atoms with Crippen LogP contribution in [-0.4, -0.2) is 18.7 Å². The van der Waals surface area contributed by atoms with Crippen LogP contribution in [0.25, 0.3) is 0 Å². The maximum absolute atomic E-state index is 5.71. The number of hydrogen-bond acceptors (Lipinski definition) is 2. The fourth-order valence-electron chi connectivity index (χ4n) is 2.39. The van der Waals surface area contributed by atoms with Crippen LogP contribution in [0, 0.1) is 0 Å². The molecule has 2 nitrogen and oxygen atoms in total. The average molecular weight is 225 g/mol. The summed E-state index contributed by atoms with van der Waals surface area (Å²) >= 11 is 0. The molecule has 1 unspecified atom stereocenters. The average Bonchev–Trinajstić information content (AvgIpc) is 2.39. The Kier molecular flexibility index (Phi) is 2.57. The van der Waals surface area contributed by atoms with Gasteiger partial charge in [0.25, 0.3) is 0 Å². The molecule has 1 aliphatic heterocycles. The zero-order valence-electron chi connectivity index (χ0n) is 9.84. The third kappa shape index (κ3) is 1.81. The topological polar surface area (TPSA) is 12.5 Å². The van der Waals surface area contributed by atoms with Gasteiger partial charge >= 0.3 is 0 Å². The van der Waals surface area contributed by atoms with Gasteiger partial charge in [0, 0.05) is 5.56 Å². The van der Waals surface area contributed by atoms with E-state index in [-0.39, 0.29) is 0 Å². The molecule has 1 aliphatic rings. The third-order valence-corrected chi connectivity index (χ3v) is 3.19. The lowest BCUT2D eigenvalue weighted by Crippen LogP contribution is -2.33. The van der Waals surface area contributed by atoms with Gasteiger partial charge in [-0.2, -0.15) is 0 Å². The Hall–Kier alpha value is -1.80. The first-order valence-electron chi connectivity index (χ1n) is 5.83. The number of hydrogen-bond donors (Lipinski definition) is 0. The summed E-state index contributed by atoms with van der Waals surface area (Å²) < 4.78 is 5.71. The van der Waals surface area contributed by atoms with Crippen LogP contribution < -0.4 is 4.74 Å². The normalized spacial score (nSPS) is 19.5. The van der Waals surface area contributed by atoms with E-state index in [1.807, 2.05) is 12.1 Å². The lowest BCUT2D eigenvalue weighted by atomic mass is 9.96. The van der Waals surface area contributed by atoms with E-state index in [0.717, 1.165) is 5.75 Å². The van der Waals surface area contributed by atoms with Crippen molar-refractivity contribution in [2.75, 3.05) is 13.8 Å². The van der Waals surface area contributed by atoms with E-state index in [0.29, 0.717) is 12.8 Å². The van der Waals surface area contributed by atoms with E-state index in [9.17, 15) is 0 Å². The van der Waals surface area contributed by atoms with Gasteiger partial charge in [0.1, 0.15) is 12.5 Å². The van der Waals surface area contributed by atoms with Crippen molar-refractivity contribution < 1.29 is 4.74 Å². The summed E-state index contributed by atoms with van der Waals surface area (Å²) in [5, 5.41) is 0. The Morgan fingerprint density at radius 2 is 1.71 bits per heavy atom. The summed E-state index contributed by atoms with van der Waals surface area (Å²) in [5.74, 6) is 0.999. The van der Waals surface area contributed by atoms with E-state index in [4.69, 9.17) is 4.74 Å². The van der Waals surface area contributed by atoms with Crippen molar-refractivity contribution in [2.45, 2.75) is 6.04 Å². The second-order valence-electron chi connectivity index (χ2n) is 4.38. The molecule has 1 heterocycles. The zero-order valence-corrected chi connectivity index (χ0v) is 9.84. The van der Waals surface area contributed by atoms with Crippen molar-refractivity contribution in [1.29, 1.82) is 0 Å². The Morgan fingerprint density at radius 1 is 1.00 bits per heavy atom. The molecule has 3 rings (SSSR count). The fraction of sp³-hybridized carbons (Fsp3) is 0.200. The molecule has 17 heavy (non-hydrogen) atoms. The summed E-state index contributed by atoms with van der Waals surface area (Å²) in [6, 6.07) is 19.1. The van der Waals surface area contributed by atoms with Crippen molar-refractivity contribution in [3.8, 4) is 5.75 Å². The van der Waals surface area contributed by atoms with Gasteiger partial charge in [0.2, 0.25) is 0 Å². The van der Waals surface area contributed by atoms with Crippen LogP contribution >= 0.6 is 0 Å². The van der Waals surface area contributed by atoms with Crippen LogP contribution in [0.3, 0.4) is 0 Å². The first kappa shape index (κ1) is 10.4. The molecule has 2 heteroatoms. The first-order chi connectivity index (χ1) is 8.36. The van der Waals surface area contributed by atoms with Gasteiger partial charge in [-0.1, -0.05) is 48.5 Å². The summed E-state index contributed by atoms with van der Waals surface area (Å²) in [5.41, 5.74) is 2.55. The Morgan fingerprint density at radius 3 is 2.53 bits per heavy atom. The molecule has 0 aliphatic carbocycles. The van der Waals surface area contributed by atoms with Gasteiger partial charge in [-0.25, -0.2) is 0 Å². The molecular weight excluding hydrogens is 210 g/mol. The van der Waals surface area contributed by atoms with E-state index in [1.54, 1.807) is 0 Å². The lowest BCUT2D eigenvalue weighted by Gasteiger charge is -2.34. The van der Waals surface area contributed by atoms with Crippen LogP contribution in [0.15, 0.2) is 54.6 Å². The van der Waals surface area contributed by atoms with E-state index >= 15 is 0 Å². The van der Waals surface area contributed by atoms with Crippen LogP contribution in [0.2, 0.25) is 0 Å². The second-order valence-corrected chi connectivity index (χ2v) is 4.38. The van der Waals surface area contributed by atoms with Gasteiger partial charge in [-0.15, -0.1) is 0 Å². The third-order valence-electron chi connectivity index (χ3n) is 3.19. The largest absolute Gasteiger partial charge is 0.478 e. The number of fused-ring (bicyclic) bond motifs is 1. The molecule has 0 radical (unpaired) electrons. The number of benzene rings is 2. The van der Waals surface area contributed by atoms with E-state index in [1.165, 1.54) is 11.1 Å². The van der Waals surface area contributed by atoms with Crippen molar-refractivity contribution in [3.05, 3.63) is 65.7 Å². The molecule has 2 aromatic carbocycles. The highest BCUT2D eigenvalue weighted by Crippen LogP contribution is 2.36. The minimum atomic E-state index is 0.293. The fourth-order valence-corrected chi connectivity index (χ4v) is 2.39. The molecule has 0 bridgehead atoms. The summed E-state index contributed by atoms with van der Waals surface area (Å²) in [6.45, 7) is 0.635. The number of rotatable bonds is 1. The van der Waals surface area contributed by atoms with Crippen LogP contribution in [0.4, 0.5) is 0 Å². The van der Waals surface area contributed by atoms with Crippen LogP contribution in [0.1, 0.15) is 17.2 Å². The van der Waals surface area contributed by atoms with Crippen LogP contribution in [0.5, 0.6) is 5.75 Å². The van der Waals surface area contributed by atoms with Crippen molar-refractivity contribution in [1.82, 2.24) is 4.90 Å². The van der Waals surface area contributed by atoms with Crippen LogP contribution in [-0.2, 0) is 0 Å². The highest BCUT2D eigenvalue weighted by Gasteiger charge is 2.26. The van der Waals surface area contributed by atoms with Crippen molar-refractivity contribution >= 4 is 0 Å². The van der Waals surface area contributed by atoms with E-state index in [2.05, 4.69) is 54.4 Å². The number of nitrogens with zero attached hydrogens (tertiary/aromatic N) is 1. The predicted molar refractivity (Wildman–Crippen MR) is 68.0 cm³/mol. The van der Waals surface area contributed by atoms with Crippen molar-refractivity contribution in [3.63, 3.8) is 0 Å². The Bertz CT molecular complexity index is 509. The smallest absolute Gasteiger partial charge is 0.142 e. The van der Waals surface area contributed by atoms with E-state index < -0.39 is 0 Å². The highest BCUT2D eigenvalue weighted by atomic mass is 16.5. The SMILES string of the molecule is CN1COc2ccccc2C1c1ccccc1. The monoisotopic (exact) mass is 225 g/mol. The lowest BCUT2D eigenvalue weighted by molar-refractivity contribution is 0.0991. The Labute approximate surface area is 101 Å². The molecule has 86 valence electrons. The number of ether oxygens (including phenoxy) is 1. The molecule has 1 atom stereocenters. The minimum Gasteiger partial charge on any atom is -0.478 e. The standard InChI is InChI=1S/C15H15NO/c1-16-11-17-14-10-6-5-9-13(14)15(16)12-7-3-2-4-8-12/h2-10,15H,11H2,1H3. The second kappa shape index (κ2) is 4.22. The first-order valence-corrected chi connectivity index (χ1v) is 5.83. The summed E-state index contributed by atoms with van der Waals surface area (Å²) in [7, 11) is 2.09. The van der Waals surface area contributed by atoms with Gasteiger partial charge < -0.3 is 4.74 Å². The Balaban J connectivity index is 2.10. The molecule has 0 aromatic heterocycles. The molecule has 0 spiro atoms. The molecule has 0 saturated heterocycles. The number of para-hydroxylation sites is 1. The molecule has 0 fully saturated rings. The maximum atomic E-state index is 5.71. The van der Waals surface area contributed by atoms with Gasteiger partial charge in [-0.3, -0.25) is 4.90 Å². The summed E-state index contributed by atoms with van der Waals surface area (Å²) in [6.07, 6.45) is 0. The van der Waals surface area contributed by atoms with Gasteiger partial charge in [0.05, 0.1) is 6.04 Å². The molecule has 0 amide bonds. The summed E-state index contributed by atoms with van der Waals surface area (Å²) in [4.78, 5) is 2.22. The zero-order chi connectivity index (χ0) is 11.7. The predicted octanol–water partition coefficient (Wildman–Crippen LogP) is 3.06. The molecular formula is C15H15NO. The maximum Gasteiger partial charge on any atom is 0.142 e. The van der Waals surface area contributed by atoms with Gasteiger partial charge in [-0.05, 0) is 18.7 Å². The highest BCUT2D eigenvalue weighted by molar-refractivity contribution is 5.42. The molecule has 2 aromatic rings. The molecule has 0 saturated carbocycles.